The number of aromatic nitrogens is 1. The number of pyridine rings is 1. The number of carbonyl (C=O) groups excluding carboxylic acids is 1. The quantitative estimate of drug-likeness (QED) is 0.351. The smallest absolute Gasteiger partial charge is 0.258 e. The number of aryl methyl sites for hydroxylation is 1. The number of nitrogens with one attached hydrogen (secondary N) is 2. The summed E-state index contributed by atoms with van der Waals surface area (Å²) in [5.41, 5.74) is 4.87. The van der Waals surface area contributed by atoms with Crippen molar-refractivity contribution >= 4 is 55.8 Å². The lowest BCUT2D eigenvalue weighted by Crippen LogP contribution is -2.34. The third kappa shape index (κ3) is 4.40. The van der Waals surface area contributed by atoms with Gasteiger partial charge < -0.3 is 5.32 Å². The van der Waals surface area contributed by atoms with Crippen LogP contribution in [0.4, 0.5) is 5.69 Å². The highest BCUT2D eigenvalue weighted by molar-refractivity contribution is 9.10. The molecule has 3 aromatic carbocycles. The van der Waals surface area contributed by atoms with Crippen LogP contribution in [0.3, 0.4) is 0 Å². The van der Waals surface area contributed by atoms with Gasteiger partial charge >= 0.3 is 0 Å². The molecule has 4 aromatic rings. The van der Waals surface area contributed by atoms with Crippen LogP contribution in [0.5, 0.6) is 0 Å². The molecular weight excluding hydrogens is 458 g/mol. The van der Waals surface area contributed by atoms with Gasteiger partial charge in [-0.05, 0) is 64.9 Å². The number of nitrogens with zero attached hydrogens (tertiary/aromatic N) is 1. The molecule has 0 atom stereocenters. The summed E-state index contributed by atoms with van der Waals surface area (Å²) in [5, 5.41) is 6.86. The summed E-state index contributed by atoms with van der Waals surface area (Å²) in [6.07, 6.45) is 0. The third-order valence-corrected chi connectivity index (χ3v) is 5.49. The first-order valence-corrected chi connectivity index (χ1v) is 10.5. The molecule has 0 saturated carbocycles. The Labute approximate surface area is 188 Å². The van der Waals surface area contributed by atoms with Crippen molar-refractivity contribution < 1.29 is 4.79 Å². The van der Waals surface area contributed by atoms with Crippen LogP contribution < -0.4 is 10.6 Å². The number of rotatable bonds is 3. The van der Waals surface area contributed by atoms with E-state index >= 15 is 0 Å². The summed E-state index contributed by atoms with van der Waals surface area (Å²) in [4.78, 5) is 17.8. The van der Waals surface area contributed by atoms with Gasteiger partial charge in [-0.15, -0.1) is 0 Å². The molecule has 2 N–H and O–H groups in total. The Morgan fingerprint density at radius 1 is 0.967 bits per heavy atom. The molecule has 0 aliphatic carbocycles. The second kappa shape index (κ2) is 8.73. The molecule has 0 bridgehead atoms. The van der Waals surface area contributed by atoms with E-state index in [4.69, 9.17) is 17.2 Å². The highest BCUT2D eigenvalue weighted by atomic mass is 79.9. The van der Waals surface area contributed by atoms with Crippen molar-refractivity contribution in [1.29, 1.82) is 0 Å². The summed E-state index contributed by atoms with van der Waals surface area (Å²) in [6, 6.07) is 25.0. The van der Waals surface area contributed by atoms with Gasteiger partial charge in [0.2, 0.25) is 0 Å². The fourth-order valence-electron chi connectivity index (χ4n) is 3.17. The van der Waals surface area contributed by atoms with Gasteiger partial charge in [-0.3, -0.25) is 10.1 Å². The Morgan fingerprint density at radius 2 is 1.70 bits per heavy atom. The normalized spacial score (nSPS) is 10.6. The summed E-state index contributed by atoms with van der Waals surface area (Å²) >= 11 is 8.89. The van der Waals surface area contributed by atoms with Gasteiger partial charge in [0.25, 0.3) is 5.91 Å². The van der Waals surface area contributed by atoms with Crippen molar-refractivity contribution in [3.05, 3.63) is 94.5 Å². The standard InChI is InChI=1S/C24H18BrN3OS/c1-15-11-12-21(19(25)13-15)27-24(30)28-23(29)18-14-22(16-7-3-2-4-8-16)26-20-10-6-5-9-17(18)20/h2-14H,1H3,(H2,27,28,29,30). The number of hydrogen-bond acceptors (Lipinski definition) is 3. The second-order valence-electron chi connectivity index (χ2n) is 6.83. The maximum atomic E-state index is 13.1. The molecule has 0 fully saturated rings. The molecule has 6 heteroatoms. The van der Waals surface area contributed by atoms with Crippen molar-refractivity contribution in [1.82, 2.24) is 10.3 Å². The van der Waals surface area contributed by atoms with Crippen molar-refractivity contribution in [2.24, 2.45) is 0 Å². The highest BCUT2D eigenvalue weighted by Gasteiger charge is 2.15. The van der Waals surface area contributed by atoms with Crippen LogP contribution in [0.2, 0.25) is 0 Å². The van der Waals surface area contributed by atoms with Crippen molar-refractivity contribution in [3.63, 3.8) is 0 Å². The first kappa shape index (κ1) is 20.2. The molecule has 0 spiro atoms. The average Bonchev–Trinajstić information content (AvgIpc) is 2.75. The first-order chi connectivity index (χ1) is 14.5. The maximum Gasteiger partial charge on any atom is 0.258 e. The minimum Gasteiger partial charge on any atom is -0.331 e. The van der Waals surface area contributed by atoms with Crippen LogP contribution in [0.15, 0.2) is 83.3 Å². The van der Waals surface area contributed by atoms with Gasteiger partial charge in [-0.25, -0.2) is 4.98 Å². The first-order valence-electron chi connectivity index (χ1n) is 9.35. The van der Waals surface area contributed by atoms with E-state index in [2.05, 4.69) is 26.6 Å². The summed E-state index contributed by atoms with van der Waals surface area (Å²) in [7, 11) is 0. The zero-order valence-electron chi connectivity index (χ0n) is 16.1. The third-order valence-electron chi connectivity index (χ3n) is 4.63. The number of hydrogen-bond donors (Lipinski definition) is 2. The second-order valence-corrected chi connectivity index (χ2v) is 8.09. The van der Waals surface area contributed by atoms with Crippen LogP contribution in [-0.4, -0.2) is 16.0 Å². The Bertz CT molecular complexity index is 1260. The zero-order chi connectivity index (χ0) is 21.1. The molecule has 0 saturated heterocycles. The van der Waals surface area contributed by atoms with Crippen LogP contribution in [0.1, 0.15) is 15.9 Å². The SMILES string of the molecule is Cc1ccc(NC(=S)NC(=O)c2cc(-c3ccccc3)nc3ccccc23)c(Br)c1. The molecule has 148 valence electrons. The van der Waals surface area contributed by atoms with Gasteiger partial charge in [-0.1, -0.05) is 54.6 Å². The number of fused-ring (bicyclic) bond motifs is 1. The number of halogens is 1. The lowest BCUT2D eigenvalue weighted by Gasteiger charge is -2.13. The summed E-state index contributed by atoms with van der Waals surface area (Å²) in [5.74, 6) is -0.286. The molecule has 1 heterocycles. The minimum absolute atomic E-state index is 0.228. The molecule has 0 aliphatic heterocycles. The van der Waals surface area contributed by atoms with Crippen molar-refractivity contribution in [3.8, 4) is 11.3 Å². The van der Waals surface area contributed by atoms with E-state index in [0.29, 0.717) is 5.56 Å². The topological polar surface area (TPSA) is 54.0 Å². The van der Waals surface area contributed by atoms with Gasteiger partial charge in [0.15, 0.2) is 5.11 Å². The van der Waals surface area contributed by atoms with E-state index < -0.39 is 0 Å². The van der Waals surface area contributed by atoms with E-state index in [1.54, 1.807) is 6.07 Å². The fraction of sp³-hybridized carbons (Fsp3) is 0.0417. The fourth-order valence-corrected chi connectivity index (χ4v) is 3.96. The van der Waals surface area contributed by atoms with Crippen molar-refractivity contribution in [2.75, 3.05) is 5.32 Å². The lowest BCUT2D eigenvalue weighted by atomic mass is 10.0. The Morgan fingerprint density at radius 3 is 2.47 bits per heavy atom. The molecule has 1 aromatic heterocycles. The largest absolute Gasteiger partial charge is 0.331 e. The lowest BCUT2D eigenvalue weighted by molar-refractivity contribution is 0.0979. The van der Waals surface area contributed by atoms with Gasteiger partial charge in [-0.2, -0.15) is 0 Å². The van der Waals surface area contributed by atoms with E-state index in [1.165, 1.54) is 0 Å². The summed E-state index contributed by atoms with van der Waals surface area (Å²) < 4.78 is 0.875. The molecule has 4 nitrogen and oxygen atoms in total. The van der Waals surface area contributed by atoms with Gasteiger partial charge in [0, 0.05) is 15.4 Å². The molecule has 4 rings (SSSR count). The minimum atomic E-state index is -0.286. The maximum absolute atomic E-state index is 13.1. The number of thiocarbonyl (C=S) groups is 1. The van der Waals surface area contributed by atoms with Crippen molar-refractivity contribution in [2.45, 2.75) is 6.92 Å². The van der Waals surface area contributed by atoms with Crippen LogP contribution in [0.25, 0.3) is 22.2 Å². The molecule has 0 unspecified atom stereocenters. The number of benzene rings is 3. The summed E-state index contributed by atoms with van der Waals surface area (Å²) in [6.45, 7) is 2.01. The van der Waals surface area contributed by atoms with Gasteiger partial charge in [0.05, 0.1) is 22.5 Å². The van der Waals surface area contributed by atoms with E-state index in [1.807, 2.05) is 79.7 Å². The average molecular weight is 476 g/mol. The Kier molecular flexibility index (Phi) is 5.88. The number of carbonyl (C=O) groups is 1. The van der Waals surface area contributed by atoms with Crippen LogP contribution in [-0.2, 0) is 0 Å². The van der Waals surface area contributed by atoms with Gasteiger partial charge in [0.1, 0.15) is 0 Å². The number of amides is 1. The number of anilines is 1. The zero-order valence-corrected chi connectivity index (χ0v) is 18.5. The number of para-hydroxylation sites is 1. The molecule has 1 amide bonds. The van der Waals surface area contributed by atoms with E-state index in [-0.39, 0.29) is 11.0 Å². The molecule has 0 aliphatic rings. The highest BCUT2D eigenvalue weighted by Crippen LogP contribution is 2.25. The monoisotopic (exact) mass is 475 g/mol. The predicted molar refractivity (Wildman–Crippen MR) is 130 cm³/mol. The van der Waals surface area contributed by atoms with E-state index in [0.717, 1.165) is 37.9 Å². The molecular formula is C24H18BrN3OS. The Hall–Kier alpha value is -3.09. The predicted octanol–water partition coefficient (Wildman–Crippen LogP) is 6.10. The molecule has 30 heavy (non-hydrogen) atoms. The van der Waals surface area contributed by atoms with Crippen LogP contribution >= 0.6 is 28.1 Å². The van der Waals surface area contributed by atoms with E-state index in [9.17, 15) is 4.79 Å². The Balaban J connectivity index is 1.64. The van der Waals surface area contributed by atoms with Crippen LogP contribution in [0, 0.1) is 6.92 Å². The molecule has 0 radical (unpaired) electrons.